The second-order valence-electron chi connectivity index (χ2n) is 3.14. The smallest absolute Gasteiger partial charge is 0.0794 e. The number of nitrogens with zero attached hydrogens (tertiary/aromatic N) is 1. The van der Waals surface area contributed by atoms with Crippen molar-refractivity contribution in [1.29, 1.82) is 0 Å². The minimum atomic E-state index is -1.17. The number of rotatable bonds is 3. The summed E-state index contributed by atoms with van der Waals surface area (Å²) < 4.78 is 12.0. The average Bonchev–Trinajstić information content (AvgIpc) is 2.74. The maximum absolute atomic E-state index is 12.0. The molecule has 0 saturated carbocycles. The number of hydrogen-bond acceptors (Lipinski definition) is 4. The van der Waals surface area contributed by atoms with Crippen molar-refractivity contribution in [3.8, 4) is 0 Å². The average molecular weight is 273 g/mol. The summed E-state index contributed by atoms with van der Waals surface area (Å²) in [5, 5.41) is 0.543. The molecule has 0 spiro atoms. The molecule has 1 heterocycles. The monoisotopic (exact) mass is 272 g/mol. The molecule has 1 unspecified atom stereocenters. The summed E-state index contributed by atoms with van der Waals surface area (Å²) in [4.78, 5) is 5.49. The number of benzene rings is 1. The van der Waals surface area contributed by atoms with Crippen LogP contribution in [-0.2, 0) is 16.6 Å². The predicted octanol–water partition coefficient (Wildman–Crippen LogP) is 2.69. The molecule has 2 aromatic rings. The molecule has 2 N–H and O–H groups in total. The molecule has 0 radical (unpaired) electrons. The zero-order valence-corrected chi connectivity index (χ0v) is 10.6. The summed E-state index contributed by atoms with van der Waals surface area (Å²) in [5.74, 6) is 0.426. The molecule has 1 aromatic heterocycles. The number of hydrogen-bond donors (Lipinski definition) is 1. The van der Waals surface area contributed by atoms with Gasteiger partial charge in [-0.2, -0.15) is 0 Å². The summed E-state index contributed by atoms with van der Waals surface area (Å²) in [5.41, 5.74) is 7.98. The molecule has 6 heteroatoms. The molecule has 1 aromatic carbocycles. The van der Waals surface area contributed by atoms with Gasteiger partial charge in [0.1, 0.15) is 0 Å². The topological polar surface area (TPSA) is 56.0 Å². The van der Waals surface area contributed by atoms with Crippen LogP contribution < -0.4 is 5.73 Å². The van der Waals surface area contributed by atoms with Gasteiger partial charge in [0.2, 0.25) is 0 Å². The van der Waals surface area contributed by atoms with E-state index in [-0.39, 0.29) is 0 Å². The van der Waals surface area contributed by atoms with Gasteiger partial charge < -0.3 is 5.73 Å². The van der Waals surface area contributed by atoms with Crippen LogP contribution in [0.25, 0.3) is 0 Å². The van der Waals surface area contributed by atoms with Crippen molar-refractivity contribution in [3.05, 3.63) is 39.8 Å². The molecular weight excluding hydrogens is 264 g/mol. The van der Waals surface area contributed by atoms with Crippen LogP contribution in [0.2, 0.25) is 5.02 Å². The molecule has 0 saturated heterocycles. The second kappa shape index (κ2) is 4.95. The number of aromatic nitrogens is 1. The van der Waals surface area contributed by atoms with Crippen LogP contribution in [0.4, 0.5) is 5.69 Å². The largest absolute Gasteiger partial charge is 0.398 e. The van der Waals surface area contributed by atoms with Crippen molar-refractivity contribution in [3.63, 3.8) is 0 Å². The van der Waals surface area contributed by atoms with Crippen LogP contribution in [0.3, 0.4) is 0 Å². The standard InChI is InChI=1S/C10H9ClN2OS2/c11-7-1-2-9(12)10(3-7)16(14)5-8-4-13-6-15-8/h1-4,6H,5,12H2. The fraction of sp³-hybridized carbons (Fsp3) is 0.100. The van der Waals surface area contributed by atoms with E-state index in [9.17, 15) is 4.21 Å². The predicted molar refractivity (Wildman–Crippen MR) is 68.1 cm³/mol. The Kier molecular flexibility index (Phi) is 3.58. The summed E-state index contributed by atoms with van der Waals surface area (Å²) >= 11 is 7.32. The Morgan fingerprint density at radius 3 is 3.00 bits per heavy atom. The van der Waals surface area contributed by atoms with Crippen molar-refractivity contribution in [2.45, 2.75) is 10.6 Å². The van der Waals surface area contributed by atoms with Gasteiger partial charge in [-0.05, 0) is 18.2 Å². The quantitative estimate of drug-likeness (QED) is 0.874. The van der Waals surface area contributed by atoms with E-state index in [0.29, 0.717) is 21.4 Å². The van der Waals surface area contributed by atoms with Gasteiger partial charge in [-0.25, -0.2) is 0 Å². The normalized spacial score (nSPS) is 12.6. The Morgan fingerprint density at radius 2 is 2.31 bits per heavy atom. The van der Waals surface area contributed by atoms with E-state index in [1.54, 1.807) is 29.9 Å². The van der Waals surface area contributed by atoms with E-state index < -0.39 is 10.8 Å². The summed E-state index contributed by atoms with van der Waals surface area (Å²) in [6, 6.07) is 5.00. The third kappa shape index (κ3) is 2.61. The van der Waals surface area contributed by atoms with Crippen LogP contribution >= 0.6 is 22.9 Å². The van der Waals surface area contributed by atoms with E-state index >= 15 is 0 Å². The maximum Gasteiger partial charge on any atom is 0.0794 e. The van der Waals surface area contributed by atoms with E-state index in [2.05, 4.69) is 4.98 Å². The Balaban J connectivity index is 2.24. The number of nitrogens with two attached hydrogens (primary N) is 1. The Hall–Kier alpha value is -0.910. The molecule has 2 rings (SSSR count). The van der Waals surface area contributed by atoms with E-state index in [0.717, 1.165) is 4.88 Å². The molecule has 0 aliphatic heterocycles. The minimum Gasteiger partial charge on any atom is -0.398 e. The third-order valence-corrected chi connectivity index (χ3v) is 4.59. The molecule has 0 amide bonds. The first-order chi connectivity index (χ1) is 7.66. The van der Waals surface area contributed by atoms with Gasteiger partial charge in [-0.3, -0.25) is 9.19 Å². The van der Waals surface area contributed by atoms with E-state index in [1.807, 2.05) is 0 Å². The lowest BCUT2D eigenvalue weighted by atomic mass is 10.3. The first-order valence-corrected chi connectivity index (χ1v) is 7.05. The highest BCUT2D eigenvalue weighted by Gasteiger charge is 2.10. The van der Waals surface area contributed by atoms with Gasteiger partial charge in [0.15, 0.2) is 0 Å². The number of anilines is 1. The van der Waals surface area contributed by atoms with Gasteiger partial charge in [-0.15, -0.1) is 11.3 Å². The molecule has 0 bridgehead atoms. The summed E-state index contributed by atoms with van der Waals surface area (Å²) in [6.07, 6.45) is 1.71. The third-order valence-electron chi connectivity index (χ3n) is 1.98. The fourth-order valence-corrected chi connectivity index (χ4v) is 3.51. The number of nitrogen functional groups attached to an aromatic ring is 1. The lowest BCUT2D eigenvalue weighted by Crippen LogP contribution is -1.99. The molecule has 0 aliphatic rings. The van der Waals surface area contributed by atoms with Gasteiger partial charge in [0, 0.05) is 21.8 Å². The lowest BCUT2D eigenvalue weighted by molar-refractivity contribution is 0.683. The fourth-order valence-electron chi connectivity index (χ4n) is 1.23. The molecule has 3 nitrogen and oxygen atoms in total. The molecule has 0 aliphatic carbocycles. The van der Waals surface area contributed by atoms with Crippen molar-refractivity contribution < 1.29 is 4.21 Å². The molecule has 84 valence electrons. The summed E-state index contributed by atoms with van der Waals surface area (Å²) in [7, 11) is -1.17. The Bertz CT molecular complexity index is 514. The second-order valence-corrected chi connectivity index (χ2v) is 5.97. The lowest BCUT2D eigenvalue weighted by Gasteiger charge is -2.04. The van der Waals surface area contributed by atoms with E-state index in [1.165, 1.54) is 11.3 Å². The Labute approximate surface area is 105 Å². The van der Waals surface area contributed by atoms with Crippen molar-refractivity contribution >= 4 is 39.4 Å². The molecule has 1 atom stereocenters. The molecule has 0 fully saturated rings. The first-order valence-electron chi connectivity index (χ1n) is 4.47. The number of halogens is 1. The van der Waals surface area contributed by atoms with Gasteiger partial charge in [-0.1, -0.05) is 11.6 Å². The zero-order valence-electron chi connectivity index (χ0n) is 8.22. The highest BCUT2D eigenvalue weighted by atomic mass is 35.5. The molecule has 16 heavy (non-hydrogen) atoms. The highest BCUT2D eigenvalue weighted by molar-refractivity contribution is 7.84. The van der Waals surface area contributed by atoms with E-state index in [4.69, 9.17) is 17.3 Å². The van der Waals surface area contributed by atoms with Gasteiger partial charge in [0.25, 0.3) is 0 Å². The zero-order chi connectivity index (χ0) is 11.5. The van der Waals surface area contributed by atoms with Crippen molar-refractivity contribution in [2.24, 2.45) is 0 Å². The number of thiazole rings is 1. The van der Waals surface area contributed by atoms with Crippen molar-refractivity contribution in [1.82, 2.24) is 4.98 Å². The van der Waals surface area contributed by atoms with Crippen LogP contribution in [-0.4, -0.2) is 9.19 Å². The first kappa shape index (κ1) is 11.6. The van der Waals surface area contributed by atoms with Gasteiger partial charge >= 0.3 is 0 Å². The molecular formula is C10H9ClN2OS2. The van der Waals surface area contributed by atoms with Crippen LogP contribution in [0.5, 0.6) is 0 Å². The van der Waals surface area contributed by atoms with Gasteiger partial charge in [0.05, 0.1) is 27.0 Å². The highest BCUT2D eigenvalue weighted by Crippen LogP contribution is 2.23. The SMILES string of the molecule is Nc1ccc(Cl)cc1S(=O)Cc1cncs1. The minimum absolute atomic E-state index is 0.426. The van der Waals surface area contributed by atoms with Crippen LogP contribution in [0.15, 0.2) is 34.8 Å². The Morgan fingerprint density at radius 1 is 1.50 bits per heavy atom. The van der Waals surface area contributed by atoms with Crippen molar-refractivity contribution in [2.75, 3.05) is 5.73 Å². The summed E-state index contributed by atoms with van der Waals surface area (Å²) in [6.45, 7) is 0. The van der Waals surface area contributed by atoms with Crippen LogP contribution in [0.1, 0.15) is 4.88 Å². The van der Waals surface area contributed by atoms with Crippen LogP contribution in [0, 0.1) is 0 Å². The maximum atomic E-state index is 12.0.